The molecule has 1 aliphatic rings. The molecule has 3 unspecified atom stereocenters. The Morgan fingerprint density at radius 1 is 1.35 bits per heavy atom. The molecule has 0 radical (unpaired) electrons. The number of hydrogen-bond acceptors (Lipinski definition) is 3. The Hall–Kier alpha value is -1.20. The van der Waals surface area contributed by atoms with Gasteiger partial charge in [0.25, 0.3) is 0 Å². The van der Waals surface area contributed by atoms with E-state index >= 15 is 0 Å². The highest BCUT2D eigenvalue weighted by atomic mass is 32.2. The molecule has 0 aromatic heterocycles. The summed E-state index contributed by atoms with van der Waals surface area (Å²) in [5.74, 6) is 0.825. The molecule has 1 aliphatic carbocycles. The highest BCUT2D eigenvalue weighted by Crippen LogP contribution is 2.27. The summed E-state index contributed by atoms with van der Waals surface area (Å²) in [5.41, 5.74) is 1.15. The first-order chi connectivity index (χ1) is 11.2. The largest absolute Gasteiger partial charge is 0.391 e. The van der Waals surface area contributed by atoms with Crippen molar-refractivity contribution in [2.24, 2.45) is 4.99 Å². The summed E-state index contributed by atoms with van der Waals surface area (Å²) in [7, 11) is 0. The van der Waals surface area contributed by atoms with Gasteiger partial charge in [0.1, 0.15) is 0 Å². The lowest BCUT2D eigenvalue weighted by Gasteiger charge is -2.18. The third-order valence-electron chi connectivity index (χ3n) is 4.18. The van der Waals surface area contributed by atoms with Crippen LogP contribution in [0, 0.1) is 0 Å². The quantitative estimate of drug-likeness (QED) is 0.529. The second-order valence-electron chi connectivity index (χ2n) is 6.08. The Bertz CT molecular complexity index is 480. The highest BCUT2D eigenvalue weighted by Gasteiger charge is 2.24. The predicted octanol–water partition coefficient (Wildman–Crippen LogP) is 2.43. The zero-order chi connectivity index (χ0) is 16.5. The van der Waals surface area contributed by atoms with E-state index in [-0.39, 0.29) is 0 Å². The van der Waals surface area contributed by atoms with Crippen molar-refractivity contribution in [1.82, 2.24) is 10.6 Å². The van der Waals surface area contributed by atoms with E-state index in [1.165, 1.54) is 19.3 Å². The van der Waals surface area contributed by atoms with E-state index in [1.54, 1.807) is 0 Å². The lowest BCUT2D eigenvalue weighted by molar-refractivity contribution is 0.183. The van der Waals surface area contributed by atoms with Crippen LogP contribution in [-0.4, -0.2) is 47.8 Å². The Morgan fingerprint density at radius 3 is 2.78 bits per heavy atom. The van der Waals surface area contributed by atoms with E-state index in [0.717, 1.165) is 23.3 Å². The van der Waals surface area contributed by atoms with Crippen molar-refractivity contribution < 1.29 is 5.11 Å². The van der Waals surface area contributed by atoms with Gasteiger partial charge in [-0.3, -0.25) is 4.99 Å². The highest BCUT2D eigenvalue weighted by molar-refractivity contribution is 7.99. The smallest absolute Gasteiger partial charge is 0.191 e. The van der Waals surface area contributed by atoms with Gasteiger partial charge in [0.05, 0.1) is 12.6 Å². The Balaban J connectivity index is 1.83. The third-order valence-corrected chi connectivity index (χ3v) is 5.27. The van der Waals surface area contributed by atoms with E-state index in [2.05, 4.69) is 28.8 Å². The molecule has 0 bridgehead atoms. The average molecular weight is 336 g/mol. The predicted molar refractivity (Wildman–Crippen MR) is 100 cm³/mol. The van der Waals surface area contributed by atoms with E-state index in [9.17, 15) is 5.11 Å². The zero-order valence-corrected chi connectivity index (χ0v) is 15.0. The molecule has 128 valence electrons. The normalized spacial score (nSPS) is 22.8. The first kappa shape index (κ1) is 18.1. The van der Waals surface area contributed by atoms with Gasteiger partial charge in [0, 0.05) is 24.3 Å². The second-order valence-corrected chi connectivity index (χ2v) is 7.21. The van der Waals surface area contributed by atoms with Gasteiger partial charge in [0.2, 0.25) is 0 Å². The second kappa shape index (κ2) is 9.83. The van der Waals surface area contributed by atoms with Crippen molar-refractivity contribution in [2.45, 2.75) is 50.0 Å². The summed E-state index contributed by atoms with van der Waals surface area (Å²) in [4.78, 5) is 4.56. The summed E-state index contributed by atoms with van der Waals surface area (Å²) >= 11 is 1.96. The molecule has 1 aromatic carbocycles. The Kier molecular flexibility index (Phi) is 7.76. The Labute approximate surface area is 144 Å². The number of rotatable bonds is 7. The number of hydrogen-bond donors (Lipinski definition) is 3. The first-order valence-electron chi connectivity index (χ1n) is 8.51. The van der Waals surface area contributed by atoms with Crippen LogP contribution in [0.1, 0.15) is 31.7 Å². The molecule has 23 heavy (non-hydrogen) atoms. The molecular weight excluding hydrogens is 306 g/mol. The van der Waals surface area contributed by atoms with Crippen molar-refractivity contribution in [3.63, 3.8) is 0 Å². The van der Waals surface area contributed by atoms with Crippen molar-refractivity contribution in [2.75, 3.05) is 19.3 Å². The van der Waals surface area contributed by atoms with Crippen molar-refractivity contribution in [3.05, 3.63) is 35.9 Å². The van der Waals surface area contributed by atoms with Gasteiger partial charge in [-0.25, -0.2) is 0 Å². The van der Waals surface area contributed by atoms with Crippen molar-refractivity contribution >= 4 is 17.7 Å². The summed E-state index contributed by atoms with van der Waals surface area (Å²) in [6.07, 6.45) is 6.04. The van der Waals surface area contributed by atoms with Crippen LogP contribution < -0.4 is 10.6 Å². The zero-order valence-electron chi connectivity index (χ0n) is 14.2. The summed E-state index contributed by atoms with van der Waals surface area (Å²) in [6, 6.07) is 10.6. The number of nitrogens with zero attached hydrogens (tertiary/aromatic N) is 1. The standard InChI is InChI=1S/C18H29N3OS/c1-3-19-18(21-15-9-10-17(12-15)23-2)20-13-16(22)11-14-7-5-4-6-8-14/h4-8,15-17,22H,3,9-13H2,1-2H3,(H2,19,20,21). The number of guanidine groups is 1. The average Bonchev–Trinajstić information content (AvgIpc) is 3.01. The van der Waals surface area contributed by atoms with Crippen LogP contribution in [0.25, 0.3) is 0 Å². The fourth-order valence-electron chi connectivity index (χ4n) is 2.95. The molecule has 0 aliphatic heterocycles. The molecule has 1 saturated carbocycles. The summed E-state index contributed by atoms with van der Waals surface area (Å²) in [6.45, 7) is 3.32. The monoisotopic (exact) mass is 335 g/mol. The molecule has 2 rings (SSSR count). The molecule has 0 spiro atoms. The van der Waals surface area contributed by atoms with Gasteiger partial charge in [0.15, 0.2) is 5.96 Å². The minimum Gasteiger partial charge on any atom is -0.391 e. The van der Waals surface area contributed by atoms with Crippen LogP contribution in [0.5, 0.6) is 0 Å². The molecule has 0 heterocycles. The molecule has 4 nitrogen and oxygen atoms in total. The number of benzene rings is 1. The van der Waals surface area contributed by atoms with E-state index in [0.29, 0.717) is 19.0 Å². The van der Waals surface area contributed by atoms with Gasteiger partial charge in [-0.05, 0) is 38.0 Å². The maximum atomic E-state index is 10.2. The molecular formula is C18H29N3OS. The van der Waals surface area contributed by atoms with Gasteiger partial charge >= 0.3 is 0 Å². The number of aliphatic hydroxyl groups excluding tert-OH is 1. The van der Waals surface area contributed by atoms with E-state index in [4.69, 9.17) is 0 Å². The topological polar surface area (TPSA) is 56.7 Å². The van der Waals surface area contributed by atoms with Crippen molar-refractivity contribution in [3.8, 4) is 0 Å². The van der Waals surface area contributed by atoms with Crippen LogP contribution >= 0.6 is 11.8 Å². The fraction of sp³-hybridized carbons (Fsp3) is 0.611. The van der Waals surface area contributed by atoms with Gasteiger partial charge in [-0.15, -0.1) is 0 Å². The maximum absolute atomic E-state index is 10.2. The fourth-order valence-corrected chi connectivity index (χ4v) is 3.74. The van der Waals surface area contributed by atoms with Crippen LogP contribution in [0.15, 0.2) is 35.3 Å². The minimum atomic E-state index is -0.449. The SMILES string of the molecule is CCNC(=NCC(O)Cc1ccccc1)NC1CCC(SC)C1. The lowest BCUT2D eigenvalue weighted by Crippen LogP contribution is -2.43. The number of aliphatic hydroxyl groups is 1. The van der Waals surface area contributed by atoms with E-state index in [1.807, 2.05) is 42.1 Å². The third kappa shape index (κ3) is 6.43. The summed E-state index contributed by atoms with van der Waals surface area (Å²) in [5, 5.41) is 17.8. The minimum absolute atomic E-state index is 0.420. The van der Waals surface area contributed by atoms with Gasteiger partial charge in [-0.2, -0.15) is 11.8 Å². The Morgan fingerprint density at radius 2 is 2.13 bits per heavy atom. The molecule has 3 N–H and O–H groups in total. The maximum Gasteiger partial charge on any atom is 0.191 e. The number of thioether (sulfide) groups is 1. The molecule has 0 amide bonds. The van der Waals surface area contributed by atoms with Crippen LogP contribution in [0.2, 0.25) is 0 Å². The van der Waals surface area contributed by atoms with Gasteiger partial charge < -0.3 is 15.7 Å². The molecule has 1 fully saturated rings. The lowest BCUT2D eigenvalue weighted by atomic mass is 10.1. The van der Waals surface area contributed by atoms with Crippen molar-refractivity contribution in [1.29, 1.82) is 0 Å². The molecule has 3 atom stereocenters. The molecule has 0 saturated heterocycles. The van der Waals surface area contributed by atoms with Gasteiger partial charge in [-0.1, -0.05) is 30.3 Å². The number of aliphatic imine (C=N–C) groups is 1. The molecule has 1 aromatic rings. The summed E-state index contributed by atoms with van der Waals surface area (Å²) < 4.78 is 0. The van der Waals surface area contributed by atoms with Crippen LogP contribution in [-0.2, 0) is 6.42 Å². The first-order valence-corrected chi connectivity index (χ1v) is 9.79. The van der Waals surface area contributed by atoms with Crippen LogP contribution in [0.3, 0.4) is 0 Å². The number of nitrogens with one attached hydrogen (secondary N) is 2. The van der Waals surface area contributed by atoms with E-state index < -0.39 is 6.10 Å². The molecule has 5 heteroatoms. The van der Waals surface area contributed by atoms with Crippen LogP contribution in [0.4, 0.5) is 0 Å².